The number of hydrogen-bond donors (Lipinski definition) is 2. The number of nitrogens with zero attached hydrogens (tertiary/aromatic N) is 2. The van der Waals surface area contributed by atoms with Crippen LogP contribution in [-0.4, -0.2) is 24.7 Å². The van der Waals surface area contributed by atoms with Crippen LogP contribution in [0.15, 0.2) is 16.3 Å². The third kappa shape index (κ3) is 3.25. The topological polar surface area (TPSA) is 76.0 Å². The predicted octanol–water partition coefficient (Wildman–Crippen LogP) is 1.83. The standard InChI is InChI=1S/C11H12Cl2N4O2S2/c12-9-4-10(20-11(9)13)21(18,19)15-5-7-3-8-6-14-1-2-17(8)16-7/h3-4,14-15H,1-2,5-6H2. The summed E-state index contributed by atoms with van der Waals surface area (Å²) in [5, 5.41) is 7.85. The Hall–Kier alpha value is -0.640. The molecule has 3 heterocycles. The number of sulfonamides is 1. The molecule has 0 amide bonds. The van der Waals surface area contributed by atoms with E-state index >= 15 is 0 Å². The molecule has 3 rings (SSSR count). The van der Waals surface area contributed by atoms with Crippen LogP contribution in [0.1, 0.15) is 11.4 Å². The summed E-state index contributed by atoms with van der Waals surface area (Å²) < 4.78 is 29.1. The third-order valence-corrected chi connectivity index (χ3v) is 6.79. The summed E-state index contributed by atoms with van der Waals surface area (Å²) in [5.74, 6) is 0. The van der Waals surface area contributed by atoms with Crippen LogP contribution in [0, 0.1) is 0 Å². The van der Waals surface area contributed by atoms with Gasteiger partial charge in [0, 0.05) is 13.1 Å². The van der Waals surface area contributed by atoms with Crippen molar-refractivity contribution in [1.82, 2.24) is 19.8 Å². The van der Waals surface area contributed by atoms with Crippen LogP contribution < -0.4 is 10.0 Å². The van der Waals surface area contributed by atoms with Gasteiger partial charge >= 0.3 is 0 Å². The molecule has 0 aromatic carbocycles. The van der Waals surface area contributed by atoms with Crippen LogP contribution in [0.5, 0.6) is 0 Å². The molecule has 0 fully saturated rings. The lowest BCUT2D eigenvalue weighted by Gasteiger charge is -2.13. The van der Waals surface area contributed by atoms with E-state index in [1.807, 2.05) is 10.7 Å². The molecule has 114 valence electrons. The molecule has 0 atom stereocenters. The van der Waals surface area contributed by atoms with E-state index in [1.54, 1.807) is 0 Å². The van der Waals surface area contributed by atoms with E-state index in [4.69, 9.17) is 23.2 Å². The van der Waals surface area contributed by atoms with Gasteiger partial charge in [-0.1, -0.05) is 23.2 Å². The van der Waals surface area contributed by atoms with E-state index in [9.17, 15) is 8.42 Å². The Balaban J connectivity index is 1.73. The summed E-state index contributed by atoms with van der Waals surface area (Å²) in [4.78, 5) is 0. The Bertz CT molecular complexity index is 726. The van der Waals surface area contributed by atoms with Crippen LogP contribution in [-0.2, 0) is 29.7 Å². The van der Waals surface area contributed by atoms with Crippen molar-refractivity contribution in [2.75, 3.05) is 6.54 Å². The highest BCUT2D eigenvalue weighted by molar-refractivity contribution is 7.91. The van der Waals surface area contributed by atoms with E-state index in [0.717, 1.165) is 36.7 Å². The lowest BCUT2D eigenvalue weighted by molar-refractivity contribution is 0.473. The normalized spacial score (nSPS) is 15.1. The van der Waals surface area contributed by atoms with E-state index in [0.29, 0.717) is 5.69 Å². The molecule has 6 nitrogen and oxygen atoms in total. The summed E-state index contributed by atoms with van der Waals surface area (Å²) in [5.41, 5.74) is 1.74. The summed E-state index contributed by atoms with van der Waals surface area (Å²) in [7, 11) is -3.63. The van der Waals surface area contributed by atoms with Crippen molar-refractivity contribution >= 4 is 44.6 Å². The fraction of sp³-hybridized carbons (Fsp3) is 0.364. The maximum absolute atomic E-state index is 12.1. The van der Waals surface area contributed by atoms with Gasteiger partial charge in [-0.25, -0.2) is 13.1 Å². The molecule has 2 N–H and O–H groups in total. The molecular weight excluding hydrogens is 355 g/mol. The van der Waals surface area contributed by atoms with Crippen molar-refractivity contribution < 1.29 is 8.42 Å². The zero-order chi connectivity index (χ0) is 15.0. The van der Waals surface area contributed by atoms with Crippen LogP contribution in [0.3, 0.4) is 0 Å². The number of hydrogen-bond acceptors (Lipinski definition) is 5. The molecule has 21 heavy (non-hydrogen) atoms. The van der Waals surface area contributed by atoms with E-state index in [2.05, 4.69) is 15.1 Å². The van der Waals surface area contributed by atoms with E-state index in [-0.39, 0.29) is 20.1 Å². The highest BCUT2D eigenvalue weighted by Gasteiger charge is 2.20. The van der Waals surface area contributed by atoms with Crippen molar-refractivity contribution in [3.8, 4) is 0 Å². The lowest BCUT2D eigenvalue weighted by Crippen LogP contribution is -2.28. The van der Waals surface area contributed by atoms with Crippen LogP contribution in [0.4, 0.5) is 0 Å². The lowest BCUT2D eigenvalue weighted by atomic mass is 10.3. The molecule has 0 saturated heterocycles. The maximum Gasteiger partial charge on any atom is 0.250 e. The highest BCUT2D eigenvalue weighted by Crippen LogP contribution is 2.34. The number of nitrogens with one attached hydrogen (secondary N) is 2. The van der Waals surface area contributed by atoms with Gasteiger partial charge in [0.15, 0.2) is 0 Å². The van der Waals surface area contributed by atoms with E-state index < -0.39 is 10.0 Å². The molecule has 0 saturated carbocycles. The SMILES string of the molecule is O=S(=O)(NCc1cc2n(n1)CCNC2)c1cc(Cl)c(Cl)s1. The Morgan fingerprint density at radius 3 is 2.90 bits per heavy atom. The van der Waals surface area contributed by atoms with Gasteiger partial charge in [-0.2, -0.15) is 5.10 Å². The Morgan fingerprint density at radius 2 is 2.24 bits per heavy atom. The summed E-state index contributed by atoms with van der Waals surface area (Å²) >= 11 is 12.5. The van der Waals surface area contributed by atoms with E-state index in [1.165, 1.54) is 6.07 Å². The first-order chi connectivity index (χ1) is 9.95. The Kier molecular flexibility index (Phi) is 4.26. The second-order valence-corrected chi connectivity index (χ2v) is 8.59. The van der Waals surface area contributed by atoms with Gasteiger partial charge < -0.3 is 5.32 Å². The van der Waals surface area contributed by atoms with Crippen molar-refractivity contribution in [1.29, 1.82) is 0 Å². The van der Waals surface area contributed by atoms with Gasteiger partial charge in [0.05, 0.1) is 29.5 Å². The summed E-state index contributed by atoms with van der Waals surface area (Å²) in [6, 6.07) is 3.24. The number of thiophene rings is 1. The second-order valence-electron chi connectivity index (χ2n) is 4.54. The van der Waals surface area contributed by atoms with Crippen LogP contribution >= 0.6 is 34.5 Å². The fourth-order valence-corrected chi connectivity index (χ4v) is 4.96. The first kappa shape index (κ1) is 15.3. The Morgan fingerprint density at radius 1 is 1.43 bits per heavy atom. The average Bonchev–Trinajstić information content (AvgIpc) is 3.01. The number of fused-ring (bicyclic) bond motifs is 1. The number of aromatic nitrogens is 2. The first-order valence-electron chi connectivity index (χ1n) is 6.16. The zero-order valence-corrected chi connectivity index (χ0v) is 13.9. The number of halogens is 2. The zero-order valence-electron chi connectivity index (χ0n) is 10.8. The fourth-order valence-electron chi connectivity index (χ4n) is 2.04. The first-order valence-corrected chi connectivity index (χ1v) is 9.22. The number of rotatable bonds is 4. The third-order valence-electron chi connectivity index (χ3n) is 3.05. The molecule has 1 aliphatic rings. The van der Waals surface area contributed by atoms with Gasteiger partial charge in [0.2, 0.25) is 0 Å². The molecule has 0 unspecified atom stereocenters. The molecule has 10 heteroatoms. The second kappa shape index (κ2) is 5.86. The van der Waals surface area contributed by atoms with Crippen molar-refractivity contribution in [3.63, 3.8) is 0 Å². The minimum atomic E-state index is -3.63. The largest absolute Gasteiger partial charge is 0.309 e. The van der Waals surface area contributed by atoms with Crippen LogP contribution in [0.25, 0.3) is 0 Å². The van der Waals surface area contributed by atoms with Gasteiger partial charge in [-0.3, -0.25) is 4.68 Å². The average molecular weight is 367 g/mol. The van der Waals surface area contributed by atoms with Crippen LogP contribution in [0.2, 0.25) is 9.36 Å². The molecule has 0 aliphatic carbocycles. The predicted molar refractivity (Wildman–Crippen MR) is 82.3 cm³/mol. The quantitative estimate of drug-likeness (QED) is 0.865. The molecule has 2 aromatic rings. The molecule has 0 bridgehead atoms. The molecule has 0 radical (unpaired) electrons. The van der Waals surface area contributed by atoms with Gasteiger partial charge in [-0.15, -0.1) is 11.3 Å². The molecule has 2 aromatic heterocycles. The minimum absolute atomic E-state index is 0.100. The summed E-state index contributed by atoms with van der Waals surface area (Å²) in [6.07, 6.45) is 0. The molecule has 0 spiro atoms. The highest BCUT2D eigenvalue weighted by atomic mass is 35.5. The molecular formula is C11H12Cl2N4O2S2. The summed E-state index contributed by atoms with van der Waals surface area (Å²) in [6.45, 7) is 2.54. The van der Waals surface area contributed by atoms with Gasteiger partial charge in [0.1, 0.15) is 8.55 Å². The smallest absolute Gasteiger partial charge is 0.250 e. The van der Waals surface area contributed by atoms with Gasteiger partial charge in [0.25, 0.3) is 10.0 Å². The Labute approximate surface area is 136 Å². The van der Waals surface area contributed by atoms with Gasteiger partial charge in [-0.05, 0) is 12.1 Å². The van der Waals surface area contributed by atoms with Crippen molar-refractivity contribution in [2.24, 2.45) is 0 Å². The monoisotopic (exact) mass is 366 g/mol. The van der Waals surface area contributed by atoms with Crippen molar-refractivity contribution in [3.05, 3.63) is 32.9 Å². The van der Waals surface area contributed by atoms with Crippen molar-refractivity contribution in [2.45, 2.75) is 23.8 Å². The minimum Gasteiger partial charge on any atom is -0.309 e. The molecule has 1 aliphatic heterocycles. The maximum atomic E-state index is 12.1.